The molecule has 2 heterocycles. The first-order chi connectivity index (χ1) is 16.8. The number of Topliss-reactive ketones (excluding diaryl/α,β-unsaturated/α-hetero) is 1. The topological polar surface area (TPSA) is 41.1 Å². The van der Waals surface area contributed by atoms with Gasteiger partial charge in [-0.3, -0.25) is 4.79 Å². The zero-order chi connectivity index (χ0) is 22.9. The van der Waals surface area contributed by atoms with Crippen molar-refractivity contribution in [3.8, 4) is 0 Å². The summed E-state index contributed by atoms with van der Waals surface area (Å²) in [4.78, 5) is 14.5. The first-order valence-electron chi connectivity index (χ1n) is 12.1. The Bertz CT molecular complexity index is 1050. The van der Waals surface area contributed by atoms with Crippen LogP contribution in [-0.4, -0.2) is 5.78 Å². The molecule has 0 saturated carbocycles. The van der Waals surface area contributed by atoms with Gasteiger partial charge in [0.1, 0.15) is 5.78 Å². The SMILES string of the molecule is O=C1C2[C@@H](c3ccccc3)N[C@@H](c3ccccc3)C1[C@@H](c1ccccc1)N[C@H]2c1ccccc1. The summed E-state index contributed by atoms with van der Waals surface area (Å²) in [5.41, 5.74) is 4.62. The van der Waals surface area contributed by atoms with E-state index in [0.29, 0.717) is 5.78 Å². The smallest absolute Gasteiger partial charge is 0.146 e. The largest absolute Gasteiger partial charge is 0.302 e. The predicted octanol–water partition coefficient (Wildman–Crippen LogP) is 5.96. The third kappa shape index (κ3) is 3.67. The second kappa shape index (κ2) is 9.02. The normalized spacial score (nSPS) is 28.4. The summed E-state index contributed by atoms with van der Waals surface area (Å²) in [5, 5.41) is 7.91. The van der Waals surface area contributed by atoms with E-state index in [2.05, 4.69) is 108 Å². The Morgan fingerprint density at radius 3 is 0.853 bits per heavy atom. The van der Waals surface area contributed by atoms with Crippen LogP contribution in [0.25, 0.3) is 0 Å². The molecule has 2 N–H and O–H groups in total. The molecule has 4 aromatic carbocycles. The molecule has 0 radical (unpaired) electrons. The minimum absolute atomic E-state index is 0.0791. The molecule has 3 heteroatoms. The zero-order valence-electron chi connectivity index (χ0n) is 18.9. The molecule has 2 saturated heterocycles. The van der Waals surface area contributed by atoms with Crippen molar-refractivity contribution >= 4 is 5.78 Å². The van der Waals surface area contributed by atoms with Crippen LogP contribution < -0.4 is 10.6 Å². The van der Waals surface area contributed by atoms with Gasteiger partial charge in [0.25, 0.3) is 0 Å². The van der Waals surface area contributed by atoms with E-state index in [4.69, 9.17) is 0 Å². The maximum Gasteiger partial charge on any atom is 0.146 e. The lowest BCUT2D eigenvalue weighted by Gasteiger charge is -2.52. The second-order valence-electron chi connectivity index (χ2n) is 9.34. The highest BCUT2D eigenvalue weighted by molar-refractivity contribution is 5.89. The van der Waals surface area contributed by atoms with E-state index >= 15 is 0 Å². The molecule has 168 valence electrons. The van der Waals surface area contributed by atoms with Crippen LogP contribution in [0.4, 0.5) is 0 Å². The van der Waals surface area contributed by atoms with Crippen LogP contribution >= 0.6 is 0 Å². The number of benzene rings is 4. The molecule has 0 aliphatic carbocycles. The number of ketones is 1. The van der Waals surface area contributed by atoms with Gasteiger partial charge >= 0.3 is 0 Å². The van der Waals surface area contributed by atoms with Crippen LogP contribution in [0.2, 0.25) is 0 Å². The van der Waals surface area contributed by atoms with Crippen LogP contribution in [0.1, 0.15) is 46.4 Å². The van der Waals surface area contributed by atoms with Gasteiger partial charge in [-0.2, -0.15) is 0 Å². The lowest BCUT2D eigenvalue weighted by atomic mass is 9.64. The average molecular weight is 445 g/mol. The van der Waals surface area contributed by atoms with Crippen molar-refractivity contribution in [3.63, 3.8) is 0 Å². The summed E-state index contributed by atoms with van der Waals surface area (Å²) in [6.45, 7) is 0. The van der Waals surface area contributed by atoms with Crippen molar-refractivity contribution in [1.29, 1.82) is 0 Å². The van der Waals surface area contributed by atoms with Gasteiger partial charge in [-0.25, -0.2) is 0 Å². The molecule has 6 rings (SSSR count). The van der Waals surface area contributed by atoms with Crippen LogP contribution in [0.15, 0.2) is 121 Å². The molecule has 34 heavy (non-hydrogen) atoms. The number of hydrogen-bond donors (Lipinski definition) is 2. The van der Waals surface area contributed by atoms with Gasteiger partial charge < -0.3 is 10.6 Å². The second-order valence-corrected chi connectivity index (χ2v) is 9.34. The fourth-order valence-corrected chi connectivity index (χ4v) is 5.92. The fraction of sp³-hybridized carbons (Fsp3) is 0.194. The van der Waals surface area contributed by atoms with Gasteiger partial charge in [0.05, 0.1) is 11.8 Å². The van der Waals surface area contributed by atoms with Crippen LogP contribution in [-0.2, 0) is 4.79 Å². The maximum atomic E-state index is 14.5. The minimum atomic E-state index is -0.199. The molecule has 2 bridgehead atoms. The molecule has 0 spiro atoms. The van der Waals surface area contributed by atoms with Crippen molar-refractivity contribution in [2.75, 3.05) is 0 Å². The van der Waals surface area contributed by atoms with Crippen molar-refractivity contribution in [2.24, 2.45) is 11.8 Å². The average Bonchev–Trinajstić information content (AvgIpc) is 2.91. The fourth-order valence-electron chi connectivity index (χ4n) is 5.92. The van der Waals surface area contributed by atoms with Gasteiger partial charge in [-0.05, 0) is 22.3 Å². The van der Waals surface area contributed by atoms with E-state index in [9.17, 15) is 4.79 Å². The van der Waals surface area contributed by atoms with E-state index in [0.717, 1.165) is 22.3 Å². The Morgan fingerprint density at radius 2 is 0.618 bits per heavy atom. The number of nitrogens with one attached hydrogen (secondary N) is 2. The van der Waals surface area contributed by atoms with E-state index in [1.807, 2.05) is 24.3 Å². The lowest BCUT2D eigenvalue weighted by molar-refractivity contribution is -0.139. The highest BCUT2D eigenvalue weighted by atomic mass is 16.1. The number of fused-ring (bicyclic) bond motifs is 2. The predicted molar refractivity (Wildman–Crippen MR) is 135 cm³/mol. The first-order valence-corrected chi connectivity index (χ1v) is 12.1. The Labute approximate surface area is 200 Å². The van der Waals surface area contributed by atoms with Crippen LogP contribution in [0.5, 0.6) is 0 Å². The van der Waals surface area contributed by atoms with Gasteiger partial charge in [0, 0.05) is 24.2 Å². The van der Waals surface area contributed by atoms with E-state index < -0.39 is 0 Å². The summed E-state index contributed by atoms with van der Waals surface area (Å²) in [6.07, 6.45) is 0. The Kier molecular flexibility index (Phi) is 5.58. The summed E-state index contributed by atoms with van der Waals surface area (Å²) in [5.74, 6) is -0.0626. The number of carbonyl (C=O) groups excluding carboxylic acids is 1. The Balaban J connectivity index is 1.52. The summed E-state index contributed by atoms with van der Waals surface area (Å²) < 4.78 is 0. The van der Waals surface area contributed by atoms with Gasteiger partial charge in [-0.15, -0.1) is 0 Å². The lowest BCUT2D eigenvalue weighted by Crippen LogP contribution is -2.60. The maximum absolute atomic E-state index is 14.5. The zero-order valence-corrected chi connectivity index (χ0v) is 18.9. The van der Waals surface area contributed by atoms with Gasteiger partial charge in [0.2, 0.25) is 0 Å². The van der Waals surface area contributed by atoms with Crippen molar-refractivity contribution in [3.05, 3.63) is 144 Å². The molecule has 2 aliphatic heterocycles. The van der Waals surface area contributed by atoms with Gasteiger partial charge in [-0.1, -0.05) is 121 Å². The van der Waals surface area contributed by atoms with E-state index in [1.165, 1.54) is 0 Å². The first kappa shape index (κ1) is 21.0. The van der Waals surface area contributed by atoms with Crippen molar-refractivity contribution < 1.29 is 4.79 Å². The third-order valence-corrected chi connectivity index (χ3v) is 7.45. The monoisotopic (exact) mass is 444 g/mol. The molecule has 2 aliphatic rings. The summed E-state index contributed by atoms with van der Waals surface area (Å²) >= 11 is 0. The Morgan fingerprint density at radius 1 is 0.382 bits per heavy atom. The quantitative estimate of drug-likeness (QED) is 0.408. The Hall–Kier alpha value is -3.53. The summed E-state index contributed by atoms with van der Waals surface area (Å²) in [7, 11) is 0. The van der Waals surface area contributed by atoms with E-state index in [-0.39, 0.29) is 36.0 Å². The molecule has 2 fully saturated rings. The van der Waals surface area contributed by atoms with Gasteiger partial charge in [0.15, 0.2) is 0 Å². The molecule has 6 atom stereocenters. The molecule has 3 nitrogen and oxygen atoms in total. The van der Waals surface area contributed by atoms with Crippen molar-refractivity contribution in [2.45, 2.75) is 24.2 Å². The molecule has 4 aromatic rings. The molecular weight excluding hydrogens is 416 g/mol. The number of carbonyl (C=O) groups is 1. The highest BCUT2D eigenvalue weighted by Crippen LogP contribution is 2.51. The standard InChI is InChI=1S/C31H28N2O/c34-31-25-27(21-13-5-1-6-14-21)32-29(23-17-9-3-10-18-23)26(31)30(24-19-11-4-12-20-24)33-28(25)22-15-7-2-8-16-22/h1-20,25-30,32-33H/t25?,26?,27-,28+,29+,30-. The molecule has 0 amide bonds. The van der Waals surface area contributed by atoms with Crippen LogP contribution in [0, 0.1) is 11.8 Å². The minimum Gasteiger partial charge on any atom is -0.302 e. The molecular formula is C31H28N2O. The third-order valence-electron chi connectivity index (χ3n) is 7.45. The number of hydrogen-bond acceptors (Lipinski definition) is 3. The molecule has 2 unspecified atom stereocenters. The van der Waals surface area contributed by atoms with Crippen LogP contribution in [0.3, 0.4) is 0 Å². The highest BCUT2D eigenvalue weighted by Gasteiger charge is 2.55. The number of rotatable bonds is 4. The number of piperidine rings is 2. The van der Waals surface area contributed by atoms with E-state index in [1.54, 1.807) is 0 Å². The van der Waals surface area contributed by atoms with Crippen molar-refractivity contribution in [1.82, 2.24) is 10.6 Å². The molecule has 0 aromatic heterocycles. The summed E-state index contributed by atoms with van der Waals surface area (Å²) in [6, 6.07) is 41.4.